The number of urea groups is 1. The Morgan fingerprint density at radius 2 is 1.78 bits per heavy atom. The molecule has 0 aliphatic rings. The fourth-order valence-electron chi connectivity index (χ4n) is 1.11. The van der Waals surface area contributed by atoms with Crippen molar-refractivity contribution >= 4 is 17.9 Å². The molecule has 0 aliphatic heterocycles. The number of carbonyl (C=O) groups is 3. The number of likely N-dealkylation sites (N-methyl/N-ethyl adjacent to an activating group) is 2. The van der Waals surface area contributed by atoms with Crippen LogP contribution in [0.3, 0.4) is 0 Å². The van der Waals surface area contributed by atoms with E-state index in [2.05, 4.69) is 5.32 Å². The lowest BCUT2D eigenvalue weighted by Gasteiger charge is -2.22. The Bertz CT molecular complexity index is 319. The molecule has 0 fully saturated rings. The zero-order chi connectivity index (χ0) is 14.3. The zero-order valence-electron chi connectivity index (χ0n) is 10.8. The summed E-state index contributed by atoms with van der Waals surface area (Å²) >= 11 is 0. The van der Waals surface area contributed by atoms with Gasteiger partial charge in [0.1, 0.15) is 6.04 Å². The van der Waals surface area contributed by atoms with E-state index in [-0.39, 0.29) is 0 Å². The van der Waals surface area contributed by atoms with Crippen LogP contribution in [0.2, 0.25) is 0 Å². The molecule has 18 heavy (non-hydrogen) atoms. The normalized spacial score (nSPS) is 12.0. The van der Waals surface area contributed by atoms with Crippen molar-refractivity contribution in [2.75, 3.05) is 34.2 Å². The Morgan fingerprint density at radius 3 is 2.17 bits per heavy atom. The first-order chi connectivity index (χ1) is 8.23. The second-order valence-electron chi connectivity index (χ2n) is 4.24. The minimum absolute atomic E-state index is 0.428. The fraction of sp³-hybridized carbons (Fsp3) is 0.700. The largest absolute Gasteiger partial charge is 0.480 e. The number of rotatable bonds is 7. The molecule has 0 aromatic carbocycles. The predicted octanol–water partition coefficient (Wildman–Crippen LogP) is -1.48. The highest BCUT2D eigenvalue weighted by Gasteiger charge is 2.23. The van der Waals surface area contributed by atoms with Gasteiger partial charge in [-0.2, -0.15) is 0 Å². The van der Waals surface area contributed by atoms with Gasteiger partial charge in [0, 0.05) is 20.1 Å². The summed E-state index contributed by atoms with van der Waals surface area (Å²) in [5.41, 5.74) is 4.91. The predicted molar refractivity (Wildman–Crippen MR) is 65.0 cm³/mol. The number of carboxylic acid groups (broad SMARTS) is 1. The summed E-state index contributed by atoms with van der Waals surface area (Å²) in [6.45, 7) is 1.10. The van der Waals surface area contributed by atoms with Gasteiger partial charge in [0.25, 0.3) is 0 Å². The lowest BCUT2D eigenvalue weighted by atomic mass is 10.2. The zero-order valence-corrected chi connectivity index (χ0v) is 10.8. The van der Waals surface area contributed by atoms with Gasteiger partial charge in [0.05, 0.1) is 6.42 Å². The third-order valence-corrected chi connectivity index (χ3v) is 2.23. The highest BCUT2D eigenvalue weighted by molar-refractivity contribution is 5.87. The van der Waals surface area contributed by atoms with Crippen molar-refractivity contribution in [2.45, 2.75) is 12.5 Å². The third kappa shape index (κ3) is 6.69. The maximum absolute atomic E-state index is 11.6. The Labute approximate surface area is 106 Å². The molecule has 1 atom stereocenters. The van der Waals surface area contributed by atoms with E-state index >= 15 is 0 Å². The second kappa shape index (κ2) is 7.49. The molecule has 8 heteroatoms. The molecule has 8 nitrogen and oxygen atoms in total. The molecule has 4 N–H and O–H groups in total. The number of nitrogens with zero attached hydrogens (tertiary/aromatic N) is 2. The quantitative estimate of drug-likeness (QED) is 0.516. The van der Waals surface area contributed by atoms with Crippen LogP contribution in [0, 0.1) is 0 Å². The molecule has 0 spiro atoms. The lowest BCUT2D eigenvalue weighted by molar-refractivity contribution is -0.140. The van der Waals surface area contributed by atoms with Crippen LogP contribution in [0.1, 0.15) is 6.42 Å². The summed E-state index contributed by atoms with van der Waals surface area (Å²) < 4.78 is 0. The summed E-state index contributed by atoms with van der Waals surface area (Å²) in [5.74, 6) is -2.07. The summed E-state index contributed by atoms with van der Waals surface area (Å²) in [7, 11) is 5.26. The van der Waals surface area contributed by atoms with E-state index in [9.17, 15) is 14.4 Å². The number of aliphatic carboxylic acids is 1. The van der Waals surface area contributed by atoms with E-state index < -0.39 is 30.4 Å². The van der Waals surface area contributed by atoms with Crippen LogP contribution in [-0.2, 0) is 9.59 Å². The summed E-state index contributed by atoms with van der Waals surface area (Å²) in [4.78, 5) is 36.3. The van der Waals surface area contributed by atoms with Crippen LogP contribution >= 0.6 is 0 Å². The number of primary amides is 1. The standard InChI is InChI=1S/C10H20N4O4/c1-13(2)4-5-14(3)10(18)12-7(9(16)17)6-8(11)15/h7H,4-6H2,1-3H3,(H2,11,15)(H,12,18)(H,16,17)/t7-/m0/s1. The van der Waals surface area contributed by atoms with Crippen molar-refractivity contribution in [3.63, 3.8) is 0 Å². The molecule has 3 amide bonds. The van der Waals surface area contributed by atoms with Gasteiger partial charge in [-0.05, 0) is 14.1 Å². The van der Waals surface area contributed by atoms with Crippen LogP contribution in [-0.4, -0.2) is 73.1 Å². The molecule has 0 heterocycles. The lowest BCUT2D eigenvalue weighted by Crippen LogP contribution is -2.49. The van der Waals surface area contributed by atoms with Gasteiger partial charge in [0.2, 0.25) is 5.91 Å². The molecule has 0 unspecified atom stereocenters. The molecule has 0 radical (unpaired) electrons. The van der Waals surface area contributed by atoms with E-state index in [4.69, 9.17) is 10.8 Å². The van der Waals surface area contributed by atoms with Gasteiger partial charge in [-0.15, -0.1) is 0 Å². The maximum Gasteiger partial charge on any atom is 0.326 e. The Morgan fingerprint density at radius 1 is 1.22 bits per heavy atom. The molecule has 0 aromatic heterocycles. The van der Waals surface area contributed by atoms with E-state index in [1.165, 1.54) is 4.90 Å². The van der Waals surface area contributed by atoms with E-state index in [0.717, 1.165) is 0 Å². The van der Waals surface area contributed by atoms with Gasteiger partial charge < -0.3 is 26.0 Å². The van der Waals surface area contributed by atoms with Crippen molar-refractivity contribution in [1.29, 1.82) is 0 Å². The number of carbonyl (C=O) groups excluding carboxylic acids is 2. The van der Waals surface area contributed by atoms with E-state index in [1.807, 2.05) is 19.0 Å². The molecule has 0 saturated carbocycles. The highest BCUT2D eigenvalue weighted by atomic mass is 16.4. The van der Waals surface area contributed by atoms with Crippen LogP contribution in [0.5, 0.6) is 0 Å². The van der Waals surface area contributed by atoms with Crippen molar-refractivity contribution in [3.8, 4) is 0 Å². The van der Waals surface area contributed by atoms with Gasteiger partial charge in [0.15, 0.2) is 0 Å². The molecule has 104 valence electrons. The van der Waals surface area contributed by atoms with Gasteiger partial charge in [-0.3, -0.25) is 4.79 Å². The highest BCUT2D eigenvalue weighted by Crippen LogP contribution is 1.94. The van der Waals surface area contributed by atoms with E-state index in [1.54, 1.807) is 7.05 Å². The minimum atomic E-state index is -1.29. The summed E-state index contributed by atoms with van der Waals surface area (Å²) in [6.07, 6.45) is -0.428. The molecule has 0 bridgehead atoms. The summed E-state index contributed by atoms with van der Waals surface area (Å²) in [6, 6.07) is -1.85. The smallest absolute Gasteiger partial charge is 0.326 e. The Balaban J connectivity index is 4.32. The topological polar surface area (TPSA) is 116 Å². The van der Waals surface area contributed by atoms with Gasteiger partial charge in [-0.25, -0.2) is 9.59 Å². The molecular formula is C10H20N4O4. The molecule has 0 saturated heterocycles. The molecule has 0 rings (SSSR count). The van der Waals surface area contributed by atoms with Crippen LogP contribution in [0.25, 0.3) is 0 Å². The Hall–Kier alpha value is -1.83. The summed E-state index contributed by atoms with van der Waals surface area (Å²) in [5, 5.41) is 11.1. The second-order valence-corrected chi connectivity index (χ2v) is 4.24. The SMILES string of the molecule is CN(C)CCN(C)C(=O)N[C@@H](CC(N)=O)C(=O)O. The number of hydrogen-bond acceptors (Lipinski definition) is 4. The first-order valence-electron chi connectivity index (χ1n) is 5.41. The van der Waals surface area contributed by atoms with Gasteiger partial charge >= 0.3 is 12.0 Å². The Kier molecular flexibility index (Phi) is 6.73. The van der Waals surface area contributed by atoms with Crippen molar-refractivity contribution < 1.29 is 19.5 Å². The van der Waals surface area contributed by atoms with Crippen molar-refractivity contribution in [1.82, 2.24) is 15.1 Å². The third-order valence-electron chi connectivity index (χ3n) is 2.23. The molecular weight excluding hydrogens is 240 g/mol. The van der Waals surface area contributed by atoms with Gasteiger partial charge in [-0.1, -0.05) is 0 Å². The average Bonchev–Trinajstić information content (AvgIpc) is 2.23. The number of carboxylic acids is 1. The van der Waals surface area contributed by atoms with Crippen molar-refractivity contribution in [2.24, 2.45) is 5.73 Å². The number of nitrogens with one attached hydrogen (secondary N) is 1. The number of hydrogen-bond donors (Lipinski definition) is 3. The minimum Gasteiger partial charge on any atom is -0.480 e. The average molecular weight is 260 g/mol. The van der Waals surface area contributed by atoms with E-state index in [0.29, 0.717) is 13.1 Å². The number of nitrogens with two attached hydrogens (primary N) is 1. The first-order valence-corrected chi connectivity index (χ1v) is 5.41. The molecule has 0 aromatic rings. The maximum atomic E-state index is 11.6. The first kappa shape index (κ1) is 16.2. The monoisotopic (exact) mass is 260 g/mol. The van der Waals surface area contributed by atoms with Crippen LogP contribution in [0.4, 0.5) is 4.79 Å². The fourth-order valence-corrected chi connectivity index (χ4v) is 1.11. The molecule has 0 aliphatic carbocycles. The van der Waals surface area contributed by atoms with Crippen LogP contribution in [0.15, 0.2) is 0 Å². The number of amides is 3. The van der Waals surface area contributed by atoms with Crippen molar-refractivity contribution in [3.05, 3.63) is 0 Å². The van der Waals surface area contributed by atoms with Crippen LogP contribution < -0.4 is 11.1 Å².